The number of hydrogen-bond acceptors (Lipinski definition) is 6. The molecule has 0 unspecified atom stereocenters. The topological polar surface area (TPSA) is 90.2 Å². The standard InChI is InChI=1S/C14H16N4O3/c1-10-6-17-12(9-16-10)8-15-7-11-3-4-14(21-2)13(5-11)18(19)20/h3-6,9,15H,7-8H2,1-2H3. The van der Waals surface area contributed by atoms with Crippen molar-refractivity contribution in [1.29, 1.82) is 0 Å². The van der Waals surface area contributed by atoms with Gasteiger partial charge in [-0.05, 0) is 18.6 Å². The van der Waals surface area contributed by atoms with Crippen LogP contribution in [0.2, 0.25) is 0 Å². The second-order valence-corrected chi connectivity index (χ2v) is 4.52. The maximum Gasteiger partial charge on any atom is 0.311 e. The number of methoxy groups -OCH3 is 1. The van der Waals surface area contributed by atoms with Gasteiger partial charge in [0.15, 0.2) is 5.75 Å². The van der Waals surface area contributed by atoms with Crippen LogP contribution < -0.4 is 10.1 Å². The second kappa shape index (κ2) is 6.76. The summed E-state index contributed by atoms with van der Waals surface area (Å²) in [5.41, 5.74) is 2.46. The van der Waals surface area contributed by atoms with Gasteiger partial charge in [0.05, 0.1) is 23.4 Å². The van der Waals surface area contributed by atoms with Crippen molar-refractivity contribution >= 4 is 5.69 Å². The number of rotatable bonds is 6. The monoisotopic (exact) mass is 288 g/mol. The van der Waals surface area contributed by atoms with Gasteiger partial charge in [-0.25, -0.2) is 0 Å². The molecule has 7 heteroatoms. The van der Waals surface area contributed by atoms with E-state index in [9.17, 15) is 10.1 Å². The summed E-state index contributed by atoms with van der Waals surface area (Å²) in [6.07, 6.45) is 3.41. The van der Waals surface area contributed by atoms with E-state index in [-0.39, 0.29) is 11.4 Å². The summed E-state index contributed by atoms with van der Waals surface area (Å²) in [6.45, 7) is 2.92. The van der Waals surface area contributed by atoms with Crippen molar-refractivity contribution < 1.29 is 9.66 Å². The van der Waals surface area contributed by atoms with E-state index >= 15 is 0 Å². The van der Waals surface area contributed by atoms with Gasteiger partial charge in [-0.2, -0.15) is 0 Å². The first-order chi connectivity index (χ1) is 10.1. The van der Waals surface area contributed by atoms with E-state index < -0.39 is 4.92 Å². The van der Waals surface area contributed by atoms with Gasteiger partial charge in [0.2, 0.25) is 0 Å². The average molecular weight is 288 g/mol. The van der Waals surface area contributed by atoms with E-state index in [1.807, 2.05) is 6.92 Å². The number of nitro groups is 1. The number of aromatic nitrogens is 2. The Labute approximate surface area is 122 Å². The molecule has 1 aromatic carbocycles. The summed E-state index contributed by atoms with van der Waals surface area (Å²) < 4.78 is 4.97. The number of hydrogen-bond donors (Lipinski definition) is 1. The normalized spacial score (nSPS) is 10.4. The van der Waals surface area contributed by atoms with Crippen molar-refractivity contribution in [2.24, 2.45) is 0 Å². The Balaban J connectivity index is 1.98. The predicted octanol–water partition coefficient (Wildman–Crippen LogP) is 1.99. The fraction of sp³-hybridized carbons (Fsp3) is 0.286. The summed E-state index contributed by atoms with van der Waals surface area (Å²) in [5.74, 6) is 0.258. The molecule has 0 aliphatic heterocycles. The molecule has 0 fully saturated rings. The highest BCUT2D eigenvalue weighted by Gasteiger charge is 2.14. The fourth-order valence-electron chi connectivity index (χ4n) is 1.83. The highest BCUT2D eigenvalue weighted by molar-refractivity contribution is 5.48. The molecule has 0 aliphatic carbocycles. The molecule has 0 aliphatic rings. The molecular formula is C14H16N4O3. The minimum absolute atomic E-state index is 0.0353. The van der Waals surface area contributed by atoms with Gasteiger partial charge in [-0.15, -0.1) is 0 Å². The van der Waals surface area contributed by atoms with Gasteiger partial charge in [0, 0.05) is 31.5 Å². The van der Waals surface area contributed by atoms with Crippen molar-refractivity contribution in [3.63, 3.8) is 0 Å². The molecule has 0 bridgehead atoms. The van der Waals surface area contributed by atoms with Gasteiger partial charge in [0.1, 0.15) is 0 Å². The Hall–Kier alpha value is -2.54. The fourth-order valence-corrected chi connectivity index (χ4v) is 1.83. The van der Waals surface area contributed by atoms with E-state index in [0.29, 0.717) is 13.1 Å². The van der Waals surface area contributed by atoms with Gasteiger partial charge >= 0.3 is 5.69 Å². The van der Waals surface area contributed by atoms with Crippen molar-refractivity contribution in [3.05, 3.63) is 57.7 Å². The van der Waals surface area contributed by atoms with E-state index in [1.54, 1.807) is 24.5 Å². The lowest BCUT2D eigenvalue weighted by Crippen LogP contribution is -2.14. The molecule has 0 saturated carbocycles. The van der Waals surface area contributed by atoms with Crippen LogP contribution in [0, 0.1) is 17.0 Å². The maximum absolute atomic E-state index is 10.9. The minimum atomic E-state index is -0.451. The predicted molar refractivity (Wildman–Crippen MR) is 77.0 cm³/mol. The molecule has 110 valence electrons. The summed E-state index contributed by atoms with van der Waals surface area (Å²) >= 11 is 0. The summed E-state index contributed by atoms with van der Waals surface area (Å²) in [7, 11) is 1.41. The quantitative estimate of drug-likeness (QED) is 0.645. The van der Waals surface area contributed by atoms with Crippen LogP contribution in [0.4, 0.5) is 5.69 Å². The van der Waals surface area contributed by atoms with E-state index in [1.165, 1.54) is 13.2 Å². The Morgan fingerprint density at radius 2 is 2.10 bits per heavy atom. The highest BCUT2D eigenvalue weighted by Crippen LogP contribution is 2.27. The molecule has 0 saturated heterocycles. The van der Waals surface area contributed by atoms with Crippen LogP contribution in [0.1, 0.15) is 17.0 Å². The first-order valence-electron chi connectivity index (χ1n) is 6.39. The van der Waals surface area contributed by atoms with E-state index in [0.717, 1.165) is 17.0 Å². The molecule has 7 nitrogen and oxygen atoms in total. The molecule has 2 rings (SSSR count). The Bertz CT molecular complexity index is 629. The first-order valence-corrected chi connectivity index (χ1v) is 6.39. The van der Waals surface area contributed by atoms with Crippen molar-refractivity contribution in [3.8, 4) is 5.75 Å². The SMILES string of the molecule is COc1ccc(CNCc2cnc(C)cn2)cc1[N+](=O)[O-]. The Morgan fingerprint density at radius 3 is 2.71 bits per heavy atom. The van der Waals surface area contributed by atoms with Crippen molar-refractivity contribution in [2.45, 2.75) is 20.0 Å². The zero-order valence-electron chi connectivity index (χ0n) is 11.9. The lowest BCUT2D eigenvalue weighted by molar-refractivity contribution is -0.385. The third-order valence-corrected chi connectivity index (χ3v) is 2.91. The summed E-state index contributed by atoms with van der Waals surface area (Å²) in [5, 5.41) is 14.1. The molecule has 1 N–H and O–H groups in total. The molecule has 0 spiro atoms. The van der Waals surface area contributed by atoms with Gasteiger partial charge < -0.3 is 10.1 Å². The summed E-state index contributed by atoms with van der Waals surface area (Å²) in [4.78, 5) is 18.9. The van der Waals surface area contributed by atoms with Crippen LogP contribution in [-0.2, 0) is 13.1 Å². The van der Waals surface area contributed by atoms with Crippen LogP contribution >= 0.6 is 0 Å². The molecule has 21 heavy (non-hydrogen) atoms. The smallest absolute Gasteiger partial charge is 0.311 e. The largest absolute Gasteiger partial charge is 0.490 e. The van der Waals surface area contributed by atoms with Crippen LogP contribution in [0.3, 0.4) is 0 Å². The van der Waals surface area contributed by atoms with Gasteiger partial charge in [0.25, 0.3) is 0 Å². The zero-order valence-corrected chi connectivity index (χ0v) is 11.9. The number of nitrogens with one attached hydrogen (secondary N) is 1. The van der Waals surface area contributed by atoms with Crippen molar-refractivity contribution in [1.82, 2.24) is 15.3 Å². The maximum atomic E-state index is 10.9. The molecule has 1 aromatic heterocycles. The third kappa shape index (κ3) is 3.96. The van der Waals surface area contributed by atoms with E-state index in [4.69, 9.17) is 4.74 Å². The van der Waals surface area contributed by atoms with E-state index in [2.05, 4.69) is 15.3 Å². The van der Waals surface area contributed by atoms with Crippen LogP contribution in [-0.4, -0.2) is 22.0 Å². The van der Waals surface area contributed by atoms with Crippen molar-refractivity contribution in [2.75, 3.05) is 7.11 Å². The number of benzene rings is 1. The van der Waals surface area contributed by atoms with Gasteiger partial charge in [-0.3, -0.25) is 20.1 Å². The lowest BCUT2D eigenvalue weighted by atomic mass is 10.2. The minimum Gasteiger partial charge on any atom is -0.490 e. The lowest BCUT2D eigenvalue weighted by Gasteiger charge is -2.06. The van der Waals surface area contributed by atoms with Crippen LogP contribution in [0.5, 0.6) is 5.75 Å². The molecule has 0 atom stereocenters. The molecule has 0 radical (unpaired) electrons. The average Bonchev–Trinajstić information content (AvgIpc) is 2.49. The molecule has 2 aromatic rings. The Morgan fingerprint density at radius 1 is 1.29 bits per heavy atom. The molecule has 1 heterocycles. The first kappa shape index (κ1) is 14.9. The Kier molecular flexibility index (Phi) is 4.78. The van der Waals surface area contributed by atoms with Gasteiger partial charge in [-0.1, -0.05) is 6.07 Å². The third-order valence-electron chi connectivity index (χ3n) is 2.91. The highest BCUT2D eigenvalue weighted by atomic mass is 16.6. The number of nitro benzene ring substituents is 1. The number of ether oxygens (including phenoxy) is 1. The van der Waals surface area contributed by atoms with Crippen LogP contribution in [0.15, 0.2) is 30.6 Å². The molecular weight excluding hydrogens is 272 g/mol. The number of aryl methyl sites for hydroxylation is 1. The van der Waals surface area contributed by atoms with Crippen LogP contribution in [0.25, 0.3) is 0 Å². The molecule has 0 amide bonds. The summed E-state index contributed by atoms with van der Waals surface area (Å²) in [6, 6.07) is 4.90. The zero-order chi connectivity index (χ0) is 15.2. The second-order valence-electron chi connectivity index (χ2n) is 4.52. The number of nitrogens with zero attached hydrogens (tertiary/aromatic N) is 3.